The monoisotopic (exact) mass is 480 g/mol. The Bertz CT molecular complexity index is 592. The fraction of sp³-hybridized carbons (Fsp3) is 0.714. The summed E-state index contributed by atoms with van der Waals surface area (Å²) in [5.74, 6) is -3.04. The number of carboxylic acid groups (broad SMARTS) is 2. The molecule has 6 heteroatoms. The molecule has 0 bridgehead atoms. The van der Waals surface area contributed by atoms with Crippen LogP contribution < -0.4 is 10.2 Å². The maximum atomic E-state index is 10.3. The van der Waals surface area contributed by atoms with Crippen molar-refractivity contribution < 1.29 is 28.8 Å². The number of quaternary nitrogens is 2. The average molecular weight is 481 g/mol. The van der Waals surface area contributed by atoms with Crippen molar-refractivity contribution in [2.24, 2.45) is 0 Å². The molecule has 0 N–H and O–H groups in total. The molecule has 6 nitrogen and oxygen atoms in total. The zero-order valence-electron chi connectivity index (χ0n) is 23.3. The Labute approximate surface area is 209 Å². The van der Waals surface area contributed by atoms with E-state index in [9.17, 15) is 19.8 Å². The van der Waals surface area contributed by atoms with E-state index >= 15 is 0 Å². The third kappa shape index (κ3) is 12.5. The molecule has 0 amide bonds. The van der Waals surface area contributed by atoms with Gasteiger partial charge in [-0.05, 0) is 53.4 Å². The van der Waals surface area contributed by atoms with Crippen molar-refractivity contribution in [3.8, 4) is 0 Å². The van der Waals surface area contributed by atoms with Crippen molar-refractivity contribution in [3.63, 3.8) is 0 Å². The summed E-state index contributed by atoms with van der Waals surface area (Å²) in [6, 6.07) is 5.14. The minimum Gasteiger partial charge on any atom is -0.545 e. The van der Waals surface area contributed by atoms with Crippen LogP contribution in [-0.4, -0.2) is 73.3 Å². The Morgan fingerprint density at radius 3 is 0.971 bits per heavy atom. The molecule has 0 aromatic heterocycles. The van der Waals surface area contributed by atoms with E-state index in [1.807, 2.05) is 0 Å². The molecule has 0 radical (unpaired) electrons. The van der Waals surface area contributed by atoms with E-state index in [0.717, 1.165) is 12.1 Å². The number of rotatable bonds is 14. The smallest absolute Gasteiger partial charge is 0.0783 e. The highest BCUT2D eigenvalue weighted by Gasteiger charge is 2.22. The SMILES string of the molecule is CCC[N+](CCC)(CCC)CCC.CC[N+](CC)(CC)CC.O=C([O-])c1ccccc1C(=O)[O-]. The summed E-state index contributed by atoms with van der Waals surface area (Å²) in [4.78, 5) is 20.6. The van der Waals surface area contributed by atoms with Gasteiger partial charge in [-0.1, -0.05) is 52.0 Å². The minimum atomic E-state index is -1.52. The van der Waals surface area contributed by atoms with Crippen LogP contribution in [0.15, 0.2) is 24.3 Å². The van der Waals surface area contributed by atoms with Gasteiger partial charge in [-0.2, -0.15) is 0 Å². The summed E-state index contributed by atoms with van der Waals surface area (Å²) in [6.45, 7) is 29.0. The lowest BCUT2D eigenvalue weighted by molar-refractivity contribution is -0.928. The normalized spacial score (nSPS) is 11.1. The maximum absolute atomic E-state index is 10.3. The molecule has 198 valence electrons. The lowest BCUT2D eigenvalue weighted by Crippen LogP contribution is -2.50. The van der Waals surface area contributed by atoms with Crippen molar-refractivity contribution in [2.75, 3.05) is 52.4 Å². The average Bonchev–Trinajstić information content (AvgIpc) is 2.82. The molecule has 0 spiro atoms. The Hall–Kier alpha value is -1.92. The first-order valence-electron chi connectivity index (χ1n) is 13.3. The quantitative estimate of drug-likeness (QED) is 0.380. The van der Waals surface area contributed by atoms with E-state index in [1.165, 1.54) is 99.1 Å². The molecule has 0 aliphatic rings. The van der Waals surface area contributed by atoms with Gasteiger partial charge < -0.3 is 28.8 Å². The van der Waals surface area contributed by atoms with E-state index in [4.69, 9.17) is 0 Å². The van der Waals surface area contributed by atoms with Crippen molar-refractivity contribution in [3.05, 3.63) is 35.4 Å². The predicted octanol–water partition coefficient (Wildman–Crippen LogP) is 3.74. The number of hydrogen-bond acceptors (Lipinski definition) is 4. The van der Waals surface area contributed by atoms with Crippen LogP contribution >= 0.6 is 0 Å². The summed E-state index contributed by atoms with van der Waals surface area (Å²) in [5, 5.41) is 20.6. The maximum Gasteiger partial charge on any atom is 0.0783 e. The van der Waals surface area contributed by atoms with Crippen LogP contribution in [0.5, 0.6) is 0 Å². The van der Waals surface area contributed by atoms with Gasteiger partial charge in [0, 0.05) is 11.1 Å². The van der Waals surface area contributed by atoms with E-state index in [2.05, 4.69) is 55.4 Å². The number of aromatic carboxylic acids is 2. The molecule has 0 atom stereocenters. The zero-order chi connectivity index (χ0) is 26.6. The standard InChI is InChI=1S/C12H28N.C8H20N.C8H6O4/c1-5-9-13(10-6-2,11-7-3)12-8-4;1-5-9(6-2,7-3)8-4;9-7(10)5-3-1-2-4-6(5)8(11)12/h5-12H2,1-4H3;5-8H2,1-4H3;1-4H,(H,9,10)(H,11,12)/q2*+1;/p-2. The molecular formula is C28H52N2O4. The largest absolute Gasteiger partial charge is 0.545 e. The molecular weight excluding hydrogens is 428 g/mol. The Kier molecular flexibility index (Phi) is 19.5. The Balaban J connectivity index is 0. The molecule has 1 aromatic rings. The third-order valence-electron chi connectivity index (χ3n) is 6.84. The van der Waals surface area contributed by atoms with E-state index in [1.54, 1.807) is 0 Å². The van der Waals surface area contributed by atoms with Gasteiger partial charge in [-0.25, -0.2) is 0 Å². The molecule has 0 saturated carbocycles. The van der Waals surface area contributed by atoms with Gasteiger partial charge in [0.1, 0.15) is 0 Å². The van der Waals surface area contributed by atoms with Gasteiger partial charge in [-0.15, -0.1) is 0 Å². The second kappa shape index (κ2) is 19.4. The third-order valence-corrected chi connectivity index (χ3v) is 6.84. The number of nitrogens with zero attached hydrogens (tertiary/aromatic N) is 2. The van der Waals surface area contributed by atoms with Gasteiger partial charge in [0.25, 0.3) is 0 Å². The fourth-order valence-corrected chi connectivity index (χ4v) is 4.75. The first-order chi connectivity index (χ1) is 16.1. The molecule has 34 heavy (non-hydrogen) atoms. The van der Waals surface area contributed by atoms with E-state index in [0.29, 0.717) is 0 Å². The molecule has 1 rings (SSSR count). The first-order valence-corrected chi connectivity index (χ1v) is 13.3. The first kappa shape index (κ1) is 34.2. The topological polar surface area (TPSA) is 80.3 Å². The second-order valence-electron chi connectivity index (χ2n) is 8.96. The highest BCUT2D eigenvalue weighted by Crippen LogP contribution is 2.12. The molecule has 0 aliphatic heterocycles. The van der Waals surface area contributed by atoms with Gasteiger partial charge in [-0.3, -0.25) is 0 Å². The second-order valence-corrected chi connectivity index (χ2v) is 8.96. The Morgan fingerprint density at radius 1 is 0.559 bits per heavy atom. The van der Waals surface area contributed by atoms with E-state index in [-0.39, 0.29) is 11.1 Å². The minimum absolute atomic E-state index is 0.363. The highest BCUT2D eigenvalue weighted by molar-refractivity contribution is 5.99. The van der Waals surface area contributed by atoms with Crippen LogP contribution in [0.25, 0.3) is 0 Å². The summed E-state index contributed by atoms with van der Waals surface area (Å²) >= 11 is 0. The summed E-state index contributed by atoms with van der Waals surface area (Å²) < 4.78 is 2.65. The number of hydrogen-bond donors (Lipinski definition) is 0. The summed E-state index contributed by atoms with van der Waals surface area (Å²) in [7, 11) is 0. The van der Waals surface area contributed by atoms with Crippen molar-refractivity contribution in [1.29, 1.82) is 0 Å². The van der Waals surface area contributed by atoms with Crippen LogP contribution in [0.1, 0.15) is 102 Å². The molecule has 0 saturated heterocycles. The number of benzene rings is 1. The number of carbonyl (C=O) groups is 2. The van der Waals surface area contributed by atoms with Gasteiger partial charge in [0.2, 0.25) is 0 Å². The van der Waals surface area contributed by atoms with Crippen LogP contribution in [0, 0.1) is 0 Å². The highest BCUT2D eigenvalue weighted by atomic mass is 16.4. The van der Waals surface area contributed by atoms with Gasteiger partial charge in [0.15, 0.2) is 0 Å². The summed E-state index contributed by atoms with van der Waals surface area (Å²) in [5.41, 5.74) is -0.727. The fourth-order valence-electron chi connectivity index (χ4n) is 4.75. The zero-order valence-corrected chi connectivity index (χ0v) is 23.3. The molecule has 1 aromatic carbocycles. The lowest BCUT2D eigenvalue weighted by Gasteiger charge is -2.38. The Morgan fingerprint density at radius 2 is 0.824 bits per heavy atom. The van der Waals surface area contributed by atoms with Crippen LogP contribution in [-0.2, 0) is 0 Å². The predicted molar refractivity (Wildman–Crippen MR) is 138 cm³/mol. The molecule has 0 unspecified atom stereocenters. The van der Waals surface area contributed by atoms with Gasteiger partial charge >= 0.3 is 0 Å². The van der Waals surface area contributed by atoms with Crippen molar-refractivity contribution in [2.45, 2.75) is 81.1 Å². The molecule has 0 fully saturated rings. The molecule has 0 heterocycles. The number of carbonyl (C=O) groups excluding carboxylic acids is 2. The van der Waals surface area contributed by atoms with Crippen molar-refractivity contribution >= 4 is 11.9 Å². The summed E-state index contributed by atoms with van der Waals surface area (Å²) in [6.07, 6.45) is 5.33. The van der Waals surface area contributed by atoms with Crippen molar-refractivity contribution in [1.82, 2.24) is 0 Å². The van der Waals surface area contributed by atoms with Gasteiger partial charge in [0.05, 0.1) is 64.3 Å². The number of carboxylic acids is 2. The lowest BCUT2D eigenvalue weighted by atomic mass is 10.1. The van der Waals surface area contributed by atoms with Crippen LogP contribution in [0.4, 0.5) is 0 Å². The van der Waals surface area contributed by atoms with Crippen LogP contribution in [0.2, 0.25) is 0 Å². The van der Waals surface area contributed by atoms with E-state index < -0.39 is 11.9 Å². The molecule has 0 aliphatic carbocycles. The van der Waals surface area contributed by atoms with Crippen LogP contribution in [0.3, 0.4) is 0 Å².